The van der Waals surface area contributed by atoms with Crippen LogP contribution in [0, 0.1) is 0 Å². The van der Waals surface area contributed by atoms with Gasteiger partial charge in [-0.2, -0.15) is 13.2 Å². The zero-order chi connectivity index (χ0) is 25.8. The third-order valence-corrected chi connectivity index (χ3v) is 5.80. The highest BCUT2D eigenvalue weighted by atomic mass is 35.5. The summed E-state index contributed by atoms with van der Waals surface area (Å²) < 4.78 is 49.7. The second-order valence-electron chi connectivity index (χ2n) is 7.08. The molecule has 1 aliphatic rings. The van der Waals surface area contributed by atoms with Gasteiger partial charge in [0.25, 0.3) is 11.1 Å². The van der Waals surface area contributed by atoms with Gasteiger partial charge in [-0.15, -0.1) is 0 Å². The van der Waals surface area contributed by atoms with E-state index in [1.165, 1.54) is 18.2 Å². The molecule has 1 saturated heterocycles. The van der Waals surface area contributed by atoms with Crippen molar-refractivity contribution in [1.29, 1.82) is 0 Å². The molecule has 186 valence electrons. The molecule has 0 spiro atoms. The van der Waals surface area contributed by atoms with E-state index in [1.807, 2.05) is 0 Å². The van der Waals surface area contributed by atoms with E-state index in [1.54, 1.807) is 19.9 Å². The number of rotatable bonds is 8. The van der Waals surface area contributed by atoms with Crippen LogP contribution in [-0.2, 0) is 15.8 Å². The Labute approximate surface area is 208 Å². The van der Waals surface area contributed by atoms with Crippen molar-refractivity contribution in [1.82, 2.24) is 4.90 Å². The number of hydrogen-bond donors (Lipinski definition) is 1. The van der Waals surface area contributed by atoms with Crippen LogP contribution in [0.15, 0.2) is 41.3 Å². The Morgan fingerprint density at radius 2 is 1.80 bits per heavy atom. The number of hydrogen-bond acceptors (Lipinski definition) is 6. The highest BCUT2D eigenvalue weighted by Crippen LogP contribution is 2.38. The van der Waals surface area contributed by atoms with E-state index < -0.39 is 35.3 Å². The van der Waals surface area contributed by atoms with E-state index in [-0.39, 0.29) is 15.6 Å². The van der Waals surface area contributed by atoms with Crippen LogP contribution >= 0.6 is 23.4 Å². The first kappa shape index (κ1) is 26.4. The number of ether oxygens (including phenoxy) is 2. The van der Waals surface area contributed by atoms with Crippen molar-refractivity contribution in [3.8, 4) is 11.5 Å². The zero-order valence-electron chi connectivity index (χ0n) is 18.6. The summed E-state index contributed by atoms with van der Waals surface area (Å²) in [6.45, 7) is 3.61. The molecule has 0 aliphatic carbocycles. The molecule has 7 nitrogen and oxygen atoms in total. The number of nitrogens with one attached hydrogen (secondary N) is 1. The predicted molar refractivity (Wildman–Crippen MR) is 127 cm³/mol. The number of nitrogens with zero attached hydrogens (tertiary/aromatic N) is 1. The minimum atomic E-state index is -4.58. The first-order valence-corrected chi connectivity index (χ1v) is 11.5. The van der Waals surface area contributed by atoms with Crippen molar-refractivity contribution >= 4 is 52.2 Å². The largest absolute Gasteiger partial charge is 0.493 e. The van der Waals surface area contributed by atoms with Crippen LogP contribution in [0.25, 0.3) is 6.08 Å². The number of anilines is 1. The van der Waals surface area contributed by atoms with Crippen molar-refractivity contribution in [3.05, 3.63) is 57.5 Å². The standard InChI is InChI=1S/C23H20ClF3N2O5S/c1-3-33-17-11-18(34-4-2)16(24)8-13(17)9-19-21(31)29(22(32)35-19)12-20(30)28-15-7-5-6-14(10-15)23(25,26)27/h5-11H,3-4,12H2,1-2H3,(H,28,30)/b19-9-. The monoisotopic (exact) mass is 528 g/mol. The fourth-order valence-corrected chi connectivity index (χ4v) is 4.16. The number of imide groups is 1. The van der Waals surface area contributed by atoms with Gasteiger partial charge < -0.3 is 14.8 Å². The number of carbonyl (C=O) groups excluding carboxylic acids is 3. The summed E-state index contributed by atoms with van der Waals surface area (Å²) in [6.07, 6.45) is -3.16. The SMILES string of the molecule is CCOc1cc(OCC)c(/C=C2\SC(=O)N(CC(=O)Nc3cccc(C(F)(F)F)c3)C2=O)cc1Cl. The summed E-state index contributed by atoms with van der Waals surface area (Å²) in [5.41, 5.74) is -0.625. The second kappa shape index (κ2) is 11.0. The third-order valence-electron chi connectivity index (χ3n) is 4.60. The Balaban J connectivity index is 1.77. The van der Waals surface area contributed by atoms with Gasteiger partial charge >= 0.3 is 6.18 Å². The zero-order valence-corrected chi connectivity index (χ0v) is 20.1. The molecule has 2 aromatic rings. The van der Waals surface area contributed by atoms with Crippen LogP contribution in [-0.4, -0.2) is 41.7 Å². The molecule has 0 aromatic heterocycles. The summed E-state index contributed by atoms with van der Waals surface area (Å²) in [6, 6.07) is 7.14. The van der Waals surface area contributed by atoms with Gasteiger partial charge in [-0.05, 0) is 56.0 Å². The van der Waals surface area contributed by atoms with Crippen LogP contribution in [0.4, 0.5) is 23.7 Å². The van der Waals surface area contributed by atoms with E-state index in [9.17, 15) is 27.6 Å². The Morgan fingerprint density at radius 1 is 1.11 bits per heavy atom. The van der Waals surface area contributed by atoms with Crippen molar-refractivity contribution in [3.63, 3.8) is 0 Å². The number of alkyl halides is 3. The lowest BCUT2D eigenvalue weighted by molar-refractivity contribution is -0.137. The average Bonchev–Trinajstić information content (AvgIpc) is 3.04. The summed E-state index contributed by atoms with van der Waals surface area (Å²) in [7, 11) is 0. The number of amides is 3. The van der Waals surface area contributed by atoms with Crippen molar-refractivity contribution in [2.75, 3.05) is 25.1 Å². The first-order valence-electron chi connectivity index (χ1n) is 10.3. The molecule has 1 aliphatic heterocycles. The van der Waals surface area contributed by atoms with Gasteiger partial charge in [-0.1, -0.05) is 17.7 Å². The van der Waals surface area contributed by atoms with Gasteiger partial charge in [0.05, 0.1) is 28.7 Å². The lowest BCUT2D eigenvalue weighted by Crippen LogP contribution is -2.36. The van der Waals surface area contributed by atoms with Crippen LogP contribution in [0.5, 0.6) is 11.5 Å². The van der Waals surface area contributed by atoms with E-state index in [2.05, 4.69) is 5.32 Å². The van der Waals surface area contributed by atoms with Crippen LogP contribution in [0.2, 0.25) is 5.02 Å². The molecule has 1 N–H and O–H groups in total. The van der Waals surface area contributed by atoms with Crippen molar-refractivity contribution < 1.29 is 37.0 Å². The molecule has 35 heavy (non-hydrogen) atoms. The molecule has 1 heterocycles. The highest BCUT2D eigenvalue weighted by molar-refractivity contribution is 8.18. The molecule has 1 fully saturated rings. The molecule has 2 aromatic carbocycles. The Bertz CT molecular complexity index is 1190. The lowest BCUT2D eigenvalue weighted by Gasteiger charge is -2.14. The van der Waals surface area contributed by atoms with E-state index in [4.69, 9.17) is 21.1 Å². The molecule has 12 heteroatoms. The van der Waals surface area contributed by atoms with Gasteiger partial charge in [-0.3, -0.25) is 19.3 Å². The van der Waals surface area contributed by atoms with Crippen LogP contribution in [0.3, 0.4) is 0 Å². The molecular weight excluding hydrogens is 509 g/mol. The van der Waals surface area contributed by atoms with Gasteiger partial charge in [0.2, 0.25) is 5.91 Å². The second-order valence-corrected chi connectivity index (χ2v) is 8.48. The van der Waals surface area contributed by atoms with Gasteiger partial charge in [0, 0.05) is 17.3 Å². The summed E-state index contributed by atoms with van der Waals surface area (Å²) >= 11 is 6.86. The summed E-state index contributed by atoms with van der Waals surface area (Å²) in [5.74, 6) is -0.776. The quantitative estimate of drug-likeness (QED) is 0.434. The fourth-order valence-electron chi connectivity index (χ4n) is 3.10. The topological polar surface area (TPSA) is 84.9 Å². The molecule has 0 atom stereocenters. The Morgan fingerprint density at radius 3 is 2.46 bits per heavy atom. The maximum absolute atomic E-state index is 12.9. The molecule has 3 rings (SSSR count). The molecule has 0 bridgehead atoms. The van der Waals surface area contributed by atoms with E-state index >= 15 is 0 Å². The van der Waals surface area contributed by atoms with E-state index in [0.717, 1.165) is 18.2 Å². The maximum atomic E-state index is 12.9. The summed E-state index contributed by atoms with van der Waals surface area (Å²) in [4.78, 5) is 38.3. The fraction of sp³-hybridized carbons (Fsp3) is 0.261. The first-order chi connectivity index (χ1) is 16.5. The van der Waals surface area contributed by atoms with Crippen molar-refractivity contribution in [2.24, 2.45) is 0 Å². The van der Waals surface area contributed by atoms with Gasteiger partial charge in [0.1, 0.15) is 18.0 Å². The summed E-state index contributed by atoms with van der Waals surface area (Å²) in [5, 5.41) is 1.85. The van der Waals surface area contributed by atoms with Gasteiger partial charge in [0.15, 0.2) is 0 Å². The number of thioether (sulfide) groups is 1. The minimum Gasteiger partial charge on any atom is -0.493 e. The molecule has 0 saturated carbocycles. The average molecular weight is 529 g/mol. The smallest absolute Gasteiger partial charge is 0.416 e. The van der Waals surface area contributed by atoms with Crippen LogP contribution < -0.4 is 14.8 Å². The lowest BCUT2D eigenvalue weighted by atomic mass is 10.1. The maximum Gasteiger partial charge on any atom is 0.416 e. The van der Waals surface area contributed by atoms with Gasteiger partial charge in [-0.25, -0.2) is 0 Å². The highest BCUT2D eigenvalue weighted by Gasteiger charge is 2.37. The third kappa shape index (κ3) is 6.49. The Hall–Kier alpha value is -3.18. The predicted octanol–water partition coefficient (Wildman–Crippen LogP) is 5.83. The minimum absolute atomic E-state index is 0.0306. The van der Waals surface area contributed by atoms with Crippen LogP contribution in [0.1, 0.15) is 25.0 Å². The normalized spacial score (nSPS) is 15.0. The van der Waals surface area contributed by atoms with E-state index in [0.29, 0.717) is 46.9 Å². The number of halogens is 4. The number of carbonyl (C=O) groups is 3. The Kier molecular flexibility index (Phi) is 8.34. The molecular formula is C23H20ClF3N2O5S. The molecule has 0 radical (unpaired) electrons. The number of benzene rings is 2. The van der Waals surface area contributed by atoms with Crippen molar-refractivity contribution in [2.45, 2.75) is 20.0 Å². The molecule has 0 unspecified atom stereocenters. The molecule has 3 amide bonds.